The van der Waals surface area contributed by atoms with E-state index in [1.165, 1.54) is 0 Å². The van der Waals surface area contributed by atoms with Crippen molar-refractivity contribution < 1.29 is 4.79 Å². The molecule has 0 atom stereocenters. The number of fused-ring (bicyclic) bond motifs is 1. The normalized spacial score (nSPS) is 10.7. The van der Waals surface area contributed by atoms with Crippen LogP contribution in [-0.2, 0) is 0 Å². The molecular formula is C21H16BrN3O. The van der Waals surface area contributed by atoms with E-state index in [0.717, 1.165) is 38.0 Å². The highest BCUT2D eigenvalue weighted by Crippen LogP contribution is 2.30. The van der Waals surface area contributed by atoms with Gasteiger partial charge in [-0.05, 0) is 42.5 Å². The molecule has 0 saturated heterocycles. The van der Waals surface area contributed by atoms with E-state index in [0.29, 0.717) is 0 Å². The van der Waals surface area contributed by atoms with Gasteiger partial charge in [0.15, 0.2) is 0 Å². The van der Waals surface area contributed by atoms with Crippen LogP contribution in [-0.4, -0.2) is 11.0 Å². The SMILES string of the molecule is O=C(Nc1ccc(Br)cc1)Nc1ccccc1-c1cc2ccccc2[nH]1. The maximum absolute atomic E-state index is 12.4. The molecule has 4 rings (SSSR count). The van der Waals surface area contributed by atoms with E-state index in [4.69, 9.17) is 0 Å². The molecule has 0 aliphatic carbocycles. The van der Waals surface area contributed by atoms with Crippen molar-refractivity contribution in [1.82, 2.24) is 4.98 Å². The summed E-state index contributed by atoms with van der Waals surface area (Å²) < 4.78 is 0.965. The second-order valence-electron chi connectivity index (χ2n) is 5.90. The first-order chi connectivity index (χ1) is 12.7. The number of hydrogen-bond acceptors (Lipinski definition) is 1. The molecule has 0 bridgehead atoms. The van der Waals surface area contributed by atoms with Crippen LogP contribution in [0.5, 0.6) is 0 Å². The predicted molar refractivity (Wildman–Crippen MR) is 111 cm³/mol. The molecule has 1 heterocycles. The fourth-order valence-electron chi connectivity index (χ4n) is 2.86. The van der Waals surface area contributed by atoms with Gasteiger partial charge < -0.3 is 15.6 Å². The average molecular weight is 406 g/mol. The molecule has 0 spiro atoms. The van der Waals surface area contributed by atoms with Crippen LogP contribution in [0.3, 0.4) is 0 Å². The minimum Gasteiger partial charge on any atom is -0.354 e. The summed E-state index contributed by atoms with van der Waals surface area (Å²) in [5.74, 6) is 0. The summed E-state index contributed by atoms with van der Waals surface area (Å²) >= 11 is 3.38. The Morgan fingerprint density at radius 1 is 0.846 bits per heavy atom. The van der Waals surface area contributed by atoms with Crippen LogP contribution >= 0.6 is 15.9 Å². The largest absolute Gasteiger partial charge is 0.354 e. The van der Waals surface area contributed by atoms with Crippen LogP contribution in [0.1, 0.15) is 0 Å². The summed E-state index contributed by atoms with van der Waals surface area (Å²) in [4.78, 5) is 15.8. The molecule has 3 N–H and O–H groups in total. The van der Waals surface area contributed by atoms with Crippen molar-refractivity contribution in [3.05, 3.63) is 83.3 Å². The molecular weight excluding hydrogens is 390 g/mol. The Hall–Kier alpha value is -3.05. The second-order valence-corrected chi connectivity index (χ2v) is 6.82. The van der Waals surface area contributed by atoms with Gasteiger partial charge >= 0.3 is 6.03 Å². The van der Waals surface area contributed by atoms with Gasteiger partial charge in [0, 0.05) is 32.3 Å². The predicted octanol–water partition coefficient (Wildman–Crippen LogP) is 6.24. The number of benzene rings is 3. The average Bonchev–Trinajstić information content (AvgIpc) is 3.08. The molecule has 0 aliphatic rings. The molecule has 0 unspecified atom stereocenters. The number of urea groups is 1. The Kier molecular flexibility index (Phi) is 4.46. The minimum absolute atomic E-state index is 0.282. The number of carbonyl (C=O) groups excluding carboxylic acids is 1. The Balaban J connectivity index is 1.59. The number of carbonyl (C=O) groups is 1. The molecule has 1 aromatic heterocycles. The Labute approximate surface area is 159 Å². The number of aromatic nitrogens is 1. The van der Waals surface area contributed by atoms with Gasteiger partial charge in [0.05, 0.1) is 5.69 Å². The lowest BCUT2D eigenvalue weighted by molar-refractivity contribution is 0.262. The van der Waals surface area contributed by atoms with E-state index in [2.05, 4.69) is 43.7 Å². The van der Waals surface area contributed by atoms with Crippen molar-refractivity contribution in [3.8, 4) is 11.3 Å². The topological polar surface area (TPSA) is 56.9 Å². The molecule has 0 fully saturated rings. The van der Waals surface area contributed by atoms with Crippen molar-refractivity contribution in [3.63, 3.8) is 0 Å². The van der Waals surface area contributed by atoms with Crippen LogP contribution in [0.15, 0.2) is 83.3 Å². The minimum atomic E-state index is -0.282. The number of H-pyrrole nitrogens is 1. The molecule has 2 amide bonds. The lowest BCUT2D eigenvalue weighted by Crippen LogP contribution is -2.19. The molecule has 0 radical (unpaired) electrons. The van der Waals surface area contributed by atoms with E-state index >= 15 is 0 Å². The molecule has 4 nitrogen and oxygen atoms in total. The smallest absolute Gasteiger partial charge is 0.323 e. The van der Waals surface area contributed by atoms with Gasteiger partial charge in [-0.2, -0.15) is 0 Å². The summed E-state index contributed by atoms with van der Waals surface area (Å²) in [6, 6.07) is 25.1. The zero-order valence-corrected chi connectivity index (χ0v) is 15.4. The van der Waals surface area contributed by atoms with Gasteiger partial charge in [-0.3, -0.25) is 0 Å². The van der Waals surface area contributed by atoms with Crippen molar-refractivity contribution in [2.24, 2.45) is 0 Å². The quantitative estimate of drug-likeness (QED) is 0.371. The van der Waals surface area contributed by atoms with Gasteiger partial charge in [0.25, 0.3) is 0 Å². The number of nitrogens with one attached hydrogen (secondary N) is 3. The molecule has 26 heavy (non-hydrogen) atoms. The summed E-state index contributed by atoms with van der Waals surface area (Å²) in [6.45, 7) is 0. The maximum Gasteiger partial charge on any atom is 0.323 e. The first kappa shape index (κ1) is 16.4. The number of para-hydroxylation sites is 2. The maximum atomic E-state index is 12.4. The summed E-state index contributed by atoms with van der Waals surface area (Å²) in [7, 11) is 0. The Morgan fingerprint density at radius 3 is 2.38 bits per heavy atom. The first-order valence-electron chi connectivity index (χ1n) is 8.20. The Bertz CT molecular complexity index is 1040. The number of amides is 2. The van der Waals surface area contributed by atoms with Gasteiger partial charge in [-0.15, -0.1) is 0 Å². The highest BCUT2D eigenvalue weighted by atomic mass is 79.9. The van der Waals surface area contributed by atoms with E-state index in [-0.39, 0.29) is 6.03 Å². The van der Waals surface area contributed by atoms with Crippen molar-refractivity contribution in [2.75, 3.05) is 10.6 Å². The molecule has 128 valence electrons. The van der Waals surface area contributed by atoms with E-state index in [9.17, 15) is 4.79 Å². The number of aromatic amines is 1. The van der Waals surface area contributed by atoms with Gasteiger partial charge in [-0.25, -0.2) is 4.79 Å². The lowest BCUT2D eigenvalue weighted by Gasteiger charge is -2.11. The van der Waals surface area contributed by atoms with E-state index in [1.54, 1.807) is 0 Å². The van der Waals surface area contributed by atoms with Crippen LogP contribution in [0.2, 0.25) is 0 Å². The van der Waals surface area contributed by atoms with Crippen LogP contribution in [0, 0.1) is 0 Å². The molecule has 0 aliphatic heterocycles. The zero-order chi connectivity index (χ0) is 17.9. The highest BCUT2D eigenvalue weighted by molar-refractivity contribution is 9.10. The molecule has 3 aromatic carbocycles. The summed E-state index contributed by atoms with van der Waals surface area (Å²) in [5.41, 5.74) is 4.44. The molecule has 5 heteroatoms. The second kappa shape index (κ2) is 7.06. The van der Waals surface area contributed by atoms with E-state index < -0.39 is 0 Å². The molecule has 4 aromatic rings. The number of hydrogen-bond donors (Lipinski definition) is 3. The van der Waals surface area contributed by atoms with Gasteiger partial charge in [-0.1, -0.05) is 52.3 Å². The van der Waals surface area contributed by atoms with Crippen LogP contribution in [0.4, 0.5) is 16.2 Å². The Morgan fingerprint density at radius 2 is 1.58 bits per heavy atom. The third-order valence-electron chi connectivity index (χ3n) is 4.10. The third kappa shape index (κ3) is 3.48. The fraction of sp³-hybridized carbons (Fsp3) is 0. The van der Waals surface area contributed by atoms with Gasteiger partial charge in [0.2, 0.25) is 0 Å². The number of anilines is 2. The highest BCUT2D eigenvalue weighted by Gasteiger charge is 2.10. The summed E-state index contributed by atoms with van der Waals surface area (Å²) in [5, 5.41) is 6.91. The standard InChI is InChI=1S/C21H16BrN3O/c22-15-9-11-16(12-10-15)23-21(26)25-19-8-4-2-6-17(19)20-13-14-5-1-3-7-18(14)24-20/h1-13,24H,(H2,23,25,26). The van der Waals surface area contributed by atoms with Crippen molar-refractivity contribution in [2.45, 2.75) is 0 Å². The monoisotopic (exact) mass is 405 g/mol. The fourth-order valence-corrected chi connectivity index (χ4v) is 3.13. The van der Waals surface area contributed by atoms with Gasteiger partial charge in [0.1, 0.15) is 0 Å². The first-order valence-corrected chi connectivity index (χ1v) is 8.99. The summed E-state index contributed by atoms with van der Waals surface area (Å²) in [6.07, 6.45) is 0. The molecule has 0 saturated carbocycles. The van der Waals surface area contributed by atoms with Crippen LogP contribution in [0.25, 0.3) is 22.2 Å². The number of halogens is 1. The van der Waals surface area contributed by atoms with E-state index in [1.807, 2.05) is 66.7 Å². The third-order valence-corrected chi connectivity index (χ3v) is 4.63. The lowest BCUT2D eigenvalue weighted by atomic mass is 10.1. The van der Waals surface area contributed by atoms with Crippen LogP contribution < -0.4 is 10.6 Å². The zero-order valence-electron chi connectivity index (χ0n) is 13.8. The van der Waals surface area contributed by atoms with Crippen molar-refractivity contribution >= 4 is 44.2 Å². The number of rotatable bonds is 3. The van der Waals surface area contributed by atoms with Crippen molar-refractivity contribution in [1.29, 1.82) is 0 Å².